The van der Waals surface area contributed by atoms with Crippen LogP contribution in [0.15, 0.2) is 28.9 Å². The van der Waals surface area contributed by atoms with Crippen LogP contribution in [0.4, 0.5) is 4.39 Å². The fourth-order valence-corrected chi connectivity index (χ4v) is 2.39. The Morgan fingerprint density at radius 1 is 1.38 bits per heavy atom. The molecule has 110 valence electrons. The van der Waals surface area contributed by atoms with E-state index in [1.54, 1.807) is 13.0 Å². The first kappa shape index (κ1) is 15.6. The number of hydrogen-bond donors (Lipinski definition) is 0. The summed E-state index contributed by atoms with van der Waals surface area (Å²) >= 11 is 3.29. The van der Waals surface area contributed by atoms with Crippen LogP contribution in [-0.4, -0.2) is 22.5 Å². The lowest BCUT2D eigenvalue weighted by Gasteiger charge is -2.09. The number of nitrogens with zero attached hydrogens (tertiary/aromatic N) is 2. The highest BCUT2D eigenvalue weighted by Crippen LogP contribution is 2.27. The molecule has 0 radical (unpaired) electrons. The molecule has 6 heteroatoms. The number of halogens is 2. The average Bonchev–Trinajstić information content (AvgIpc) is 2.47. The summed E-state index contributed by atoms with van der Waals surface area (Å²) < 4.78 is 18.7. The van der Waals surface area contributed by atoms with Gasteiger partial charge in [0.15, 0.2) is 5.82 Å². The zero-order valence-corrected chi connectivity index (χ0v) is 13.3. The Balaban J connectivity index is 2.45. The second-order valence-corrected chi connectivity index (χ2v) is 5.11. The van der Waals surface area contributed by atoms with Gasteiger partial charge in [-0.15, -0.1) is 0 Å². The van der Waals surface area contributed by atoms with Gasteiger partial charge in [0.2, 0.25) is 0 Å². The van der Waals surface area contributed by atoms with Gasteiger partial charge in [-0.05, 0) is 47.5 Å². The predicted octanol–water partition coefficient (Wildman–Crippen LogP) is 3.78. The normalized spacial score (nSPS) is 10.5. The minimum Gasteiger partial charge on any atom is -0.462 e. The van der Waals surface area contributed by atoms with Crippen molar-refractivity contribution in [2.24, 2.45) is 0 Å². The predicted molar refractivity (Wildman–Crippen MR) is 80.5 cm³/mol. The Morgan fingerprint density at radius 3 is 2.76 bits per heavy atom. The molecule has 0 saturated heterocycles. The van der Waals surface area contributed by atoms with Gasteiger partial charge >= 0.3 is 5.97 Å². The molecule has 1 heterocycles. The van der Waals surface area contributed by atoms with Crippen molar-refractivity contribution >= 4 is 21.9 Å². The highest BCUT2D eigenvalue weighted by molar-refractivity contribution is 9.10. The quantitative estimate of drug-likeness (QED) is 0.785. The van der Waals surface area contributed by atoms with Crippen molar-refractivity contribution in [2.75, 3.05) is 6.61 Å². The number of benzene rings is 1. The molecule has 0 spiro atoms. The van der Waals surface area contributed by atoms with Crippen molar-refractivity contribution < 1.29 is 13.9 Å². The van der Waals surface area contributed by atoms with Crippen LogP contribution >= 0.6 is 15.9 Å². The fraction of sp³-hybridized carbons (Fsp3) is 0.267. The SMILES string of the molecule is CCOC(=O)c1cnc(-c2ccc(F)cc2Br)nc1CC. The van der Waals surface area contributed by atoms with E-state index in [9.17, 15) is 9.18 Å². The Bertz CT molecular complexity index is 677. The van der Waals surface area contributed by atoms with Crippen molar-refractivity contribution in [3.8, 4) is 11.4 Å². The van der Waals surface area contributed by atoms with E-state index in [-0.39, 0.29) is 5.82 Å². The summed E-state index contributed by atoms with van der Waals surface area (Å²) in [7, 11) is 0. The standard InChI is InChI=1S/C15H14BrFN2O2/c1-3-13-11(15(20)21-4-2)8-18-14(19-13)10-6-5-9(17)7-12(10)16/h5-8H,3-4H2,1-2H3. The number of ether oxygens (including phenoxy) is 1. The Labute approximate surface area is 130 Å². The van der Waals surface area contributed by atoms with E-state index in [4.69, 9.17) is 4.74 Å². The number of carbonyl (C=O) groups is 1. The van der Waals surface area contributed by atoms with Gasteiger partial charge in [0.05, 0.1) is 17.9 Å². The van der Waals surface area contributed by atoms with Crippen LogP contribution in [0.2, 0.25) is 0 Å². The monoisotopic (exact) mass is 352 g/mol. The number of carbonyl (C=O) groups excluding carboxylic acids is 1. The van der Waals surface area contributed by atoms with E-state index >= 15 is 0 Å². The van der Waals surface area contributed by atoms with Crippen LogP contribution in [0.3, 0.4) is 0 Å². The lowest BCUT2D eigenvalue weighted by molar-refractivity contribution is 0.0524. The van der Waals surface area contributed by atoms with Crippen molar-refractivity contribution in [3.05, 3.63) is 45.9 Å². The lowest BCUT2D eigenvalue weighted by atomic mass is 10.1. The third kappa shape index (κ3) is 3.44. The molecule has 0 atom stereocenters. The first-order chi connectivity index (χ1) is 10.1. The van der Waals surface area contributed by atoms with E-state index in [1.165, 1.54) is 18.3 Å². The summed E-state index contributed by atoms with van der Waals surface area (Å²) in [5.41, 5.74) is 1.64. The molecule has 0 unspecified atom stereocenters. The van der Waals surface area contributed by atoms with Gasteiger partial charge < -0.3 is 4.74 Å². The summed E-state index contributed by atoms with van der Waals surface area (Å²) in [6.45, 7) is 3.94. The van der Waals surface area contributed by atoms with Crippen LogP contribution in [0.25, 0.3) is 11.4 Å². The molecule has 0 aliphatic rings. The fourth-order valence-electron chi connectivity index (χ4n) is 1.87. The highest BCUT2D eigenvalue weighted by atomic mass is 79.9. The molecule has 0 aliphatic heterocycles. The molecule has 0 bridgehead atoms. The molecule has 0 N–H and O–H groups in total. The third-order valence-electron chi connectivity index (χ3n) is 2.87. The minimum atomic E-state index is -0.431. The first-order valence-electron chi connectivity index (χ1n) is 6.55. The zero-order chi connectivity index (χ0) is 15.4. The molecule has 2 aromatic rings. The molecular weight excluding hydrogens is 339 g/mol. The largest absolute Gasteiger partial charge is 0.462 e. The van der Waals surface area contributed by atoms with Gasteiger partial charge in [-0.2, -0.15) is 0 Å². The first-order valence-corrected chi connectivity index (χ1v) is 7.34. The smallest absolute Gasteiger partial charge is 0.341 e. The van der Waals surface area contributed by atoms with E-state index in [0.717, 1.165) is 0 Å². The maximum absolute atomic E-state index is 13.1. The maximum atomic E-state index is 13.1. The summed E-state index contributed by atoms with van der Waals surface area (Å²) in [5, 5.41) is 0. The lowest BCUT2D eigenvalue weighted by Crippen LogP contribution is -2.11. The Morgan fingerprint density at radius 2 is 2.14 bits per heavy atom. The van der Waals surface area contributed by atoms with Crippen LogP contribution in [0.5, 0.6) is 0 Å². The summed E-state index contributed by atoms with van der Waals surface area (Å²) in [4.78, 5) is 20.4. The summed E-state index contributed by atoms with van der Waals surface area (Å²) in [6.07, 6.45) is 2.03. The molecule has 2 rings (SSSR count). The Hall–Kier alpha value is -1.82. The van der Waals surface area contributed by atoms with Crippen molar-refractivity contribution in [1.82, 2.24) is 9.97 Å². The molecule has 0 fully saturated rings. The molecule has 0 aliphatic carbocycles. The zero-order valence-electron chi connectivity index (χ0n) is 11.7. The second kappa shape index (κ2) is 6.76. The molecule has 0 amide bonds. The van der Waals surface area contributed by atoms with Crippen LogP contribution in [0, 0.1) is 5.82 Å². The number of aromatic nitrogens is 2. The van der Waals surface area contributed by atoms with Gasteiger partial charge in [-0.25, -0.2) is 19.2 Å². The topological polar surface area (TPSA) is 52.1 Å². The van der Waals surface area contributed by atoms with Crippen LogP contribution < -0.4 is 0 Å². The van der Waals surface area contributed by atoms with E-state index in [1.807, 2.05) is 6.92 Å². The number of esters is 1. The van der Waals surface area contributed by atoms with Crippen molar-refractivity contribution in [1.29, 1.82) is 0 Å². The molecule has 21 heavy (non-hydrogen) atoms. The molecular formula is C15H14BrFN2O2. The molecule has 4 nitrogen and oxygen atoms in total. The van der Waals surface area contributed by atoms with Gasteiger partial charge in [0, 0.05) is 16.2 Å². The third-order valence-corrected chi connectivity index (χ3v) is 3.53. The maximum Gasteiger partial charge on any atom is 0.341 e. The van der Waals surface area contributed by atoms with Gasteiger partial charge in [0.1, 0.15) is 5.82 Å². The van der Waals surface area contributed by atoms with E-state index in [2.05, 4.69) is 25.9 Å². The van der Waals surface area contributed by atoms with Gasteiger partial charge in [-0.1, -0.05) is 6.92 Å². The van der Waals surface area contributed by atoms with Crippen molar-refractivity contribution in [2.45, 2.75) is 20.3 Å². The second-order valence-electron chi connectivity index (χ2n) is 4.25. The number of aryl methyl sites for hydroxylation is 1. The molecule has 1 aromatic carbocycles. The summed E-state index contributed by atoms with van der Waals surface area (Å²) in [6, 6.07) is 4.29. The Kier molecular flexibility index (Phi) is 5.01. The van der Waals surface area contributed by atoms with Gasteiger partial charge in [-0.3, -0.25) is 0 Å². The molecule has 0 saturated carbocycles. The van der Waals surface area contributed by atoms with Crippen LogP contribution in [-0.2, 0) is 11.2 Å². The highest BCUT2D eigenvalue weighted by Gasteiger charge is 2.16. The average molecular weight is 353 g/mol. The van der Waals surface area contributed by atoms with Gasteiger partial charge in [0.25, 0.3) is 0 Å². The summed E-state index contributed by atoms with van der Waals surface area (Å²) in [5.74, 6) is -0.338. The number of rotatable bonds is 4. The van der Waals surface area contributed by atoms with Crippen molar-refractivity contribution in [3.63, 3.8) is 0 Å². The number of hydrogen-bond acceptors (Lipinski definition) is 4. The van der Waals surface area contributed by atoms with Crippen LogP contribution in [0.1, 0.15) is 29.9 Å². The molecule has 1 aromatic heterocycles. The minimum absolute atomic E-state index is 0.299. The van der Waals surface area contributed by atoms with E-state index in [0.29, 0.717) is 40.1 Å². The van der Waals surface area contributed by atoms with E-state index < -0.39 is 5.97 Å².